The van der Waals surface area contributed by atoms with E-state index < -0.39 is 47.2 Å². The fraction of sp³-hybridized carbons (Fsp3) is 0.625. The van der Waals surface area contributed by atoms with Crippen LogP contribution in [-0.2, 0) is 44.5 Å². The molecule has 0 amide bonds. The molecular formula is C32H40O8. The van der Waals surface area contributed by atoms with E-state index in [9.17, 15) is 19.2 Å². The number of epoxide rings is 1. The van der Waals surface area contributed by atoms with E-state index in [1.165, 1.54) is 13.8 Å². The first-order chi connectivity index (χ1) is 18.8. The van der Waals surface area contributed by atoms with E-state index in [4.69, 9.17) is 18.9 Å². The number of benzene rings is 1. The van der Waals surface area contributed by atoms with Crippen molar-refractivity contribution in [2.75, 3.05) is 6.61 Å². The van der Waals surface area contributed by atoms with Gasteiger partial charge in [0.1, 0.15) is 17.8 Å². The van der Waals surface area contributed by atoms with Crippen molar-refractivity contribution in [3.05, 3.63) is 47.5 Å². The predicted octanol–water partition coefficient (Wildman–Crippen LogP) is 4.38. The molecule has 0 bridgehead atoms. The summed E-state index contributed by atoms with van der Waals surface area (Å²) in [7, 11) is 0. The molecule has 0 aromatic heterocycles. The lowest BCUT2D eigenvalue weighted by Crippen LogP contribution is -2.58. The van der Waals surface area contributed by atoms with Crippen molar-refractivity contribution < 1.29 is 38.1 Å². The molecule has 40 heavy (non-hydrogen) atoms. The fourth-order valence-electron chi connectivity index (χ4n) is 7.55. The van der Waals surface area contributed by atoms with Gasteiger partial charge in [-0.15, -0.1) is 0 Å². The number of ether oxygens (including phenoxy) is 4. The summed E-state index contributed by atoms with van der Waals surface area (Å²) in [6, 6.07) is 9.25. The summed E-state index contributed by atoms with van der Waals surface area (Å²) in [6.07, 6.45) is 1.85. The van der Waals surface area contributed by atoms with E-state index in [1.807, 2.05) is 43.3 Å². The standard InChI is InChI=1S/C32H40O8/c1-18-14-24-23(30(24,5)6)12-13-31(17-37-31)29(38-20(3)33)26-27(39-25(35)15-22-10-8-7-9-11-22)19(2)16-32(26,28(18)36)40-21(4)34/h7-11,14,19,23-24,26-27,29H,12-13,15-17H2,1-6H3/b18-14+/t19?,23?,24?,26?,27?,29?,31-,32?/m1/s1. The summed E-state index contributed by atoms with van der Waals surface area (Å²) in [6.45, 7) is 11.0. The molecule has 1 heterocycles. The van der Waals surface area contributed by atoms with Gasteiger partial charge >= 0.3 is 17.9 Å². The van der Waals surface area contributed by atoms with Crippen molar-refractivity contribution in [1.29, 1.82) is 0 Å². The fourth-order valence-corrected chi connectivity index (χ4v) is 7.55. The minimum absolute atomic E-state index is 0.0141. The van der Waals surface area contributed by atoms with Crippen LogP contribution >= 0.6 is 0 Å². The number of hydrogen-bond acceptors (Lipinski definition) is 8. The molecule has 4 aliphatic rings. The number of allylic oxidation sites excluding steroid dienone is 1. The van der Waals surface area contributed by atoms with Gasteiger partial charge in [0.2, 0.25) is 5.78 Å². The number of carbonyl (C=O) groups excluding carboxylic acids is 4. The first-order valence-electron chi connectivity index (χ1n) is 14.3. The molecule has 8 heteroatoms. The molecule has 1 aromatic carbocycles. The second-order valence-corrected chi connectivity index (χ2v) is 12.9. The molecule has 0 N–H and O–H groups in total. The highest BCUT2D eigenvalue weighted by molar-refractivity contribution is 6.03. The normalized spacial score (nSPS) is 39.0. The van der Waals surface area contributed by atoms with Crippen LogP contribution in [0.5, 0.6) is 0 Å². The maximum Gasteiger partial charge on any atom is 0.310 e. The smallest absolute Gasteiger partial charge is 0.310 e. The molecule has 1 aliphatic heterocycles. The van der Waals surface area contributed by atoms with Crippen LogP contribution in [0.1, 0.15) is 66.4 Å². The van der Waals surface area contributed by atoms with Gasteiger partial charge < -0.3 is 18.9 Å². The van der Waals surface area contributed by atoms with E-state index in [0.717, 1.165) is 12.0 Å². The number of fused-ring (bicyclic) bond motifs is 2. The summed E-state index contributed by atoms with van der Waals surface area (Å²) in [4.78, 5) is 52.9. The Morgan fingerprint density at radius 2 is 1.73 bits per heavy atom. The third-order valence-corrected chi connectivity index (χ3v) is 9.71. The molecule has 0 radical (unpaired) electrons. The van der Waals surface area contributed by atoms with Gasteiger partial charge in [0.05, 0.1) is 18.9 Å². The molecule has 8 atom stereocenters. The third-order valence-electron chi connectivity index (χ3n) is 9.71. The lowest BCUT2D eigenvalue weighted by molar-refractivity contribution is -0.190. The highest BCUT2D eigenvalue weighted by Crippen LogP contribution is 2.64. The van der Waals surface area contributed by atoms with Crippen molar-refractivity contribution in [3.63, 3.8) is 0 Å². The summed E-state index contributed by atoms with van der Waals surface area (Å²) in [5, 5.41) is 0. The van der Waals surface area contributed by atoms with Gasteiger partial charge in [-0.05, 0) is 54.1 Å². The average molecular weight is 553 g/mol. The molecular weight excluding hydrogens is 512 g/mol. The number of hydrogen-bond donors (Lipinski definition) is 0. The van der Waals surface area contributed by atoms with Crippen molar-refractivity contribution in [1.82, 2.24) is 0 Å². The molecule has 7 unspecified atom stereocenters. The van der Waals surface area contributed by atoms with Crippen molar-refractivity contribution >= 4 is 23.7 Å². The Balaban J connectivity index is 1.61. The summed E-state index contributed by atoms with van der Waals surface area (Å²) in [5.41, 5.74) is -1.22. The van der Waals surface area contributed by atoms with Gasteiger partial charge in [0, 0.05) is 20.3 Å². The monoisotopic (exact) mass is 552 g/mol. The number of carbonyl (C=O) groups is 4. The number of Topliss-reactive ketones (excluding diaryl/α,β-unsaturated/α-hetero) is 1. The highest BCUT2D eigenvalue weighted by atomic mass is 16.6. The Kier molecular flexibility index (Phi) is 7.22. The molecule has 3 aliphatic carbocycles. The summed E-state index contributed by atoms with van der Waals surface area (Å²) >= 11 is 0. The largest absolute Gasteiger partial charge is 0.461 e. The Morgan fingerprint density at radius 1 is 1.05 bits per heavy atom. The lowest BCUT2D eigenvalue weighted by Gasteiger charge is -2.41. The Morgan fingerprint density at radius 3 is 2.33 bits per heavy atom. The van der Waals surface area contributed by atoms with Gasteiger partial charge in [0.15, 0.2) is 5.60 Å². The highest BCUT2D eigenvalue weighted by Gasteiger charge is 2.71. The molecule has 216 valence electrons. The minimum Gasteiger partial charge on any atom is -0.461 e. The van der Waals surface area contributed by atoms with Crippen LogP contribution in [0.2, 0.25) is 0 Å². The second kappa shape index (κ2) is 10.1. The van der Waals surface area contributed by atoms with Crippen LogP contribution in [0.4, 0.5) is 0 Å². The molecule has 5 rings (SSSR count). The van der Waals surface area contributed by atoms with Gasteiger partial charge in [-0.1, -0.05) is 57.2 Å². The van der Waals surface area contributed by atoms with Crippen LogP contribution in [-0.4, -0.2) is 53.7 Å². The van der Waals surface area contributed by atoms with E-state index in [-0.39, 0.29) is 35.9 Å². The van der Waals surface area contributed by atoms with Gasteiger partial charge in [0.25, 0.3) is 0 Å². The van der Waals surface area contributed by atoms with E-state index in [0.29, 0.717) is 24.5 Å². The summed E-state index contributed by atoms with van der Waals surface area (Å²) in [5.74, 6) is -2.72. The molecule has 1 aromatic rings. The zero-order chi connectivity index (χ0) is 29.0. The molecule has 1 spiro atoms. The molecule has 2 saturated carbocycles. The predicted molar refractivity (Wildman–Crippen MR) is 145 cm³/mol. The molecule has 3 fully saturated rings. The second-order valence-electron chi connectivity index (χ2n) is 12.9. The Hall–Kier alpha value is -3.00. The van der Waals surface area contributed by atoms with Crippen LogP contribution in [0.15, 0.2) is 42.0 Å². The first-order valence-corrected chi connectivity index (χ1v) is 14.3. The van der Waals surface area contributed by atoms with Crippen LogP contribution in [0.25, 0.3) is 0 Å². The number of rotatable bonds is 5. The zero-order valence-corrected chi connectivity index (χ0v) is 24.2. The van der Waals surface area contributed by atoms with Crippen LogP contribution in [0, 0.1) is 29.1 Å². The topological polar surface area (TPSA) is 108 Å². The van der Waals surface area contributed by atoms with Crippen LogP contribution in [0.3, 0.4) is 0 Å². The number of esters is 3. The average Bonchev–Trinajstić information content (AvgIpc) is 3.73. The number of ketones is 1. The SMILES string of the molecule is CC(=O)OC1C2C(OC(=O)Cc3ccccc3)C(C)CC2(OC(C)=O)C(=O)/C(C)=C/C2C(CC[C@@]13CO3)C2(C)C. The van der Waals surface area contributed by atoms with E-state index in [1.54, 1.807) is 6.92 Å². The van der Waals surface area contributed by atoms with Gasteiger partial charge in [-0.3, -0.25) is 19.2 Å². The van der Waals surface area contributed by atoms with Crippen molar-refractivity contribution in [2.24, 2.45) is 29.1 Å². The third kappa shape index (κ3) is 5.00. The minimum atomic E-state index is -1.68. The Bertz CT molecular complexity index is 1230. The van der Waals surface area contributed by atoms with E-state index in [2.05, 4.69) is 13.8 Å². The van der Waals surface area contributed by atoms with Crippen molar-refractivity contribution in [3.8, 4) is 0 Å². The van der Waals surface area contributed by atoms with Crippen molar-refractivity contribution in [2.45, 2.75) is 90.6 Å². The quantitative estimate of drug-likeness (QED) is 0.301. The first kappa shape index (κ1) is 28.5. The maximum atomic E-state index is 14.5. The lowest BCUT2D eigenvalue weighted by atomic mass is 9.74. The molecule has 1 saturated heterocycles. The maximum absolute atomic E-state index is 14.5. The van der Waals surface area contributed by atoms with Crippen LogP contribution < -0.4 is 0 Å². The molecule has 8 nitrogen and oxygen atoms in total. The van der Waals surface area contributed by atoms with Gasteiger partial charge in [-0.2, -0.15) is 0 Å². The zero-order valence-electron chi connectivity index (χ0n) is 24.2. The Labute approximate surface area is 235 Å². The van der Waals surface area contributed by atoms with Gasteiger partial charge in [-0.25, -0.2) is 0 Å². The van der Waals surface area contributed by atoms with E-state index >= 15 is 0 Å². The summed E-state index contributed by atoms with van der Waals surface area (Å²) < 4.78 is 24.2.